The van der Waals surface area contributed by atoms with Crippen LogP contribution in [0.2, 0.25) is 0 Å². The smallest absolute Gasteiger partial charge is 0.280 e. The molecule has 0 atom stereocenters. The zero-order chi connectivity index (χ0) is 18.7. The number of rotatable bonds is 1. The zero-order valence-corrected chi connectivity index (χ0v) is 14.5. The fourth-order valence-corrected chi connectivity index (χ4v) is 2.81. The first kappa shape index (κ1) is 17.3. The topological polar surface area (TPSA) is 94.9 Å². The molecule has 0 saturated carbocycles. The highest BCUT2D eigenvalue weighted by atomic mass is 16.6. The second-order valence-corrected chi connectivity index (χ2v) is 5.98. The van der Waals surface area contributed by atoms with E-state index in [0.29, 0.717) is 10.9 Å². The third kappa shape index (κ3) is 3.30. The van der Waals surface area contributed by atoms with Crippen LogP contribution in [0.15, 0.2) is 61.2 Å². The number of fused-ring (bicyclic) bond motifs is 2. The Balaban J connectivity index is 0.000000152. The molecule has 0 fully saturated rings. The minimum atomic E-state index is -0.350. The first-order valence-corrected chi connectivity index (χ1v) is 8.05. The number of nitro benzene ring substituents is 1. The molecule has 6 heteroatoms. The number of anilines is 1. The quantitative estimate of drug-likeness (QED) is 0.309. The van der Waals surface area contributed by atoms with Crippen molar-refractivity contribution >= 4 is 32.9 Å². The largest absolute Gasteiger partial charge is 0.398 e. The highest BCUT2D eigenvalue weighted by Gasteiger charge is 2.14. The predicted molar refractivity (Wildman–Crippen MR) is 104 cm³/mol. The Bertz CT molecular complexity index is 1110. The Kier molecular flexibility index (Phi) is 4.75. The number of hydrogen-bond donors (Lipinski definition) is 1. The third-order valence-electron chi connectivity index (χ3n) is 4.26. The highest BCUT2D eigenvalue weighted by molar-refractivity contribution is 5.93. The molecule has 0 amide bonds. The average Bonchev–Trinajstić information content (AvgIpc) is 2.65. The number of aromatic nitrogens is 2. The molecular weight excluding hydrogens is 328 g/mol. The van der Waals surface area contributed by atoms with Crippen LogP contribution in [0, 0.1) is 24.0 Å². The summed E-state index contributed by atoms with van der Waals surface area (Å²) in [4.78, 5) is 18.4. The van der Waals surface area contributed by atoms with Crippen molar-refractivity contribution < 1.29 is 4.92 Å². The summed E-state index contributed by atoms with van der Waals surface area (Å²) in [6.07, 6.45) is 6.78. The van der Waals surface area contributed by atoms with E-state index in [1.165, 1.54) is 0 Å². The van der Waals surface area contributed by atoms with Crippen LogP contribution in [-0.4, -0.2) is 14.9 Å². The summed E-state index contributed by atoms with van der Waals surface area (Å²) in [6, 6.07) is 11.2. The first-order chi connectivity index (χ1) is 12.5. The summed E-state index contributed by atoms with van der Waals surface area (Å²) >= 11 is 0. The summed E-state index contributed by atoms with van der Waals surface area (Å²) in [6.45, 7) is 3.74. The van der Waals surface area contributed by atoms with Crippen LogP contribution >= 0.6 is 0 Å². The van der Waals surface area contributed by atoms with Crippen molar-refractivity contribution in [3.05, 3.63) is 82.4 Å². The molecule has 0 aliphatic carbocycles. The van der Waals surface area contributed by atoms with Gasteiger partial charge in [0.15, 0.2) is 0 Å². The van der Waals surface area contributed by atoms with Gasteiger partial charge >= 0.3 is 0 Å². The van der Waals surface area contributed by atoms with Crippen LogP contribution < -0.4 is 5.73 Å². The number of nitrogens with two attached hydrogens (primary N) is 1. The van der Waals surface area contributed by atoms with Crippen molar-refractivity contribution in [2.75, 3.05) is 5.73 Å². The van der Waals surface area contributed by atoms with Crippen molar-refractivity contribution in [1.82, 2.24) is 9.97 Å². The lowest BCUT2D eigenvalue weighted by atomic mass is 10.1. The minimum absolute atomic E-state index is 0.171. The second-order valence-electron chi connectivity index (χ2n) is 5.98. The molecule has 0 bridgehead atoms. The molecule has 2 aromatic carbocycles. The molecule has 0 unspecified atom stereocenters. The predicted octanol–water partition coefficient (Wildman–Crippen LogP) is 4.58. The number of benzene rings is 2. The summed E-state index contributed by atoms with van der Waals surface area (Å²) < 4.78 is 0. The van der Waals surface area contributed by atoms with Gasteiger partial charge < -0.3 is 5.73 Å². The van der Waals surface area contributed by atoms with E-state index in [2.05, 4.69) is 9.97 Å². The molecule has 2 N–H and O–H groups in total. The van der Waals surface area contributed by atoms with Gasteiger partial charge in [-0.1, -0.05) is 24.3 Å². The Morgan fingerprint density at radius 2 is 1.38 bits per heavy atom. The lowest BCUT2D eigenvalue weighted by Crippen LogP contribution is -1.93. The van der Waals surface area contributed by atoms with Crippen molar-refractivity contribution in [2.24, 2.45) is 0 Å². The molecule has 130 valence electrons. The Morgan fingerprint density at radius 3 is 2.00 bits per heavy atom. The first-order valence-electron chi connectivity index (χ1n) is 8.05. The maximum Gasteiger partial charge on any atom is 0.280 e. The van der Waals surface area contributed by atoms with Gasteiger partial charge in [-0.25, -0.2) is 0 Å². The van der Waals surface area contributed by atoms with E-state index in [1.54, 1.807) is 37.6 Å². The average molecular weight is 346 g/mol. The van der Waals surface area contributed by atoms with E-state index < -0.39 is 0 Å². The maximum atomic E-state index is 10.8. The molecule has 0 spiro atoms. The number of aryl methyl sites for hydroxylation is 2. The molecule has 4 rings (SSSR count). The lowest BCUT2D eigenvalue weighted by molar-refractivity contribution is -0.383. The molecular formula is C20H18N4O2. The van der Waals surface area contributed by atoms with Gasteiger partial charge in [-0.15, -0.1) is 0 Å². The number of nitro groups is 1. The molecule has 6 nitrogen and oxygen atoms in total. The maximum absolute atomic E-state index is 10.8. The van der Waals surface area contributed by atoms with Gasteiger partial charge in [0.2, 0.25) is 0 Å². The van der Waals surface area contributed by atoms with Gasteiger partial charge in [-0.3, -0.25) is 20.1 Å². The molecule has 4 aromatic rings. The summed E-state index contributed by atoms with van der Waals surface area (Å²) in [5, 5.41) is 14.4. The monoisotopic (exact) mass is 346 g/mol. The van der Waals surface area contributed by atoms with Gasteiger partial charge in [0, 0.05) is 52.2 Å². The number of hydrogen-bond acceptors (Lipinski definition) is 5. The molecule has 2 heterocycles. The standard InChI is InChI=1S/C10H8N2O2.C10H10N2/c1-7-2-3-8-6-11-5-4-9(8)10(7)12(13)14;1-7-2-3-8-6-12-5-4-9(8)10(7)11/h2-6H,1H3;2-6H,11H2,1H3. The third-order valence-corrected chi connectivity index (χ3v) is 4.26. The van der Waals surface area contributed by atoms with Crippen molar-refractivity contribution in [3.63, 3.8) is 0 Å². The Hall–Kier alpha value is -3.54. The summed E-state index contributed by atoms with van der Waals surface area (Å²) in [7, 11) is 0. The lowest BCUT2D eigenvalue weighted by Gasteiger charge is -2.03. The van der Waals surface area contributed by atoms with Crippen LogP contribution in [0.4, 0.5) is 11.4 Å². The van der Waals surface area contributed by atoms with Crippen molar-refractivity contribution in [3.8, 4) is 0 Å². The van der Waals surface area contributed by atoms with E-state index in [-0.39, 0.29) is 10.6 Å². The van der Waals surface area contributed by atoms with Gasteiger partial charge in [0.05, 0.1) is 10.3 Å². The van der Waals surface area contributed by atoms with E-state index in [9.17, 15) is 10.1 Å². The van der Waals surface area contributed by atoms with Crippen molar-refractivity contribution in [2.45, 2.75) is 13.8 Å². The number of nitrogens with zero attached hydrogens (tertiary/aromatic N) is 3. The number of nitrogen functional groups attached to an aromatic ring is 1. The molecule has 0 saturated heterocycles. The normalized spacial score (nSPS) is 10.4. The molecule has 0 aliphatic heterocycles. The van der Waals surface area contributed by atoms with Crippen LogP contribution in [0.25, 0.3) is 21.5 Å². The minimum Gasteiger partial charge on any atom is -0.398 e. The summed E-state index contributed by atoms with van der Waals surface area (Å²) in [5.74, 6) is 0. The zero-order valence-electron chi connectivity index (χ0n) is 14.5. The fourth-order valence-electron chi connectivity index (χ4n) is 2.81. The van der Waals surface area contributed by atoms with Crippen LogP contribution in [0.1, 0.15) is 11.1 Å². The van der Waals surface area contributed by atoms with Gasteiger partial charge in [0.1, 0.15) is 0 Å². The molecule has 26 heavy (non-hydrogen) atoms. The second kappa shape index (κ2) is 7.14. The Morgan fingerprint density at radius 1 is 0.846 bits per heavy atom. The molecule has 0 radical (unpaired) electrons. The molecule has 0 aliphatic rings. The van der Waals surface area contributed by atoms with Gasteiger partial charge in [-0.2, -0.15) is 0 Å². The molecule has 2 aromatic heterocycles. The van der Waals surface area contributed by atoms with Crippen molar-refractivity contribution in [1.29, 1.82) is 0 Å². The van der Waals surface area contributed by atoms with Crippen LogP contribution in [0.5, 0.6) is 0 Å². The van der Waals surface area contributed by atoms with E-state index in [4.69, 9.17) is 5.73 Å². The van der Waals surface area contributed by atoms with E-state index in [1.807, 2.05) is 37.4 Å². The van der Waals surface area contributed by atoms with Gasteiger partial charge in [0.25, 0.3) is 5.69 Å². The van der Waals surface area contributed by atoms with Crippen LogP contribution in [0.3, 0.4) is 0 Å². The fraction of sp³-hybridized carbons (Fsp3) is 0.100. The van der Waals surface area contributed by atoms with Gasteiger partial charge in [-0.05, 0) is 31.5 Å². The SMILES string of the molecule is Cc1ccc2cnccc2c1N.Cc1ccc2cnccc2c1[N+](=O)[O-]. The summed E-state index contributed by atoms with van der Waals surface area (Å²) in [5.41, 5.74) is 8.71. The van der Waals surface area contributed by atoms with Crippen LogP contribution in [-0.2, 0) is 0 Å². The Labute approximate surface area is 150 Å². The number of pyridine rings is 2. The highest BCUT2D eigenvalue weighted by Crippen LogP contribution is 2.28. The van der Waals surface area contributed by atoms with E-state index >= 15 is 0 Å². The van der Waals surface area contributed by atoms with E-state index in [0.717, 1.165) is 27.4 Å².